The van der Waals surface area contributed by atoms with Crippen molar-refractivity contribution in [1.82, 2.24) is 4.90 Å². The van der Waals surface area contributed by atoms with Crippen molar-refractivity contribution in [2.45, 2.75) is 42.9 Å². The summed E-state index contributed by atoms with van der Waals surface area (Å²) >= 11 is 1.66. The number of hydrogen-bond acceptors (Lipinski definition) is 5. The molecule has 96 valence electrons. The first kappa shape index (κ1) is 12.9. The molecule has 0 spiro atoms. The van der Waals surface area contributed by atoms with E-state index < -0.39 is 6.10 Å². The van der Waals surface area contributed by atoms with Gasteiger partial charge in [-0.15, -0.1) is 6.58 Å². The third-order valence-electron chi connectivity index (χ3n) is 3.09. The molecular weight excluding hydrogens is 236 g/mol. The van der Waals surface area contributed by atoms with E-state index in [1.54, 1.807) is 17.8 Å². The van der Waals surface area contributed by atoms with Crippen LogP contribution in [0.15, 0.2) is 17.6 Å². The molecular formula is C12H20N2O2S. The molecule has 2 aliphatic heterocycles. The van der Waals surface area contributed by atoms with E-state index in [4.69, 9.17) is 4.74 Å². The van der Waals surface area contributed by atoms with Crippen LogP contribution in [-0.2, 0) is 4.74 Å². The van der Waals surface area contributed by atoms with Crippen LogP contribution in [0.5, 0.6) is 0 Å². The van der Waals surface area contributed by atoms with Crippen LogP contribution < -0.4 is 0 Å². The van der Waals surface area contributed by atoms with Gasteiger partial charge in [-0.05, 0) is 19.3 Å². The summed E-state index contributed by atoms with van der Waals surface area (Å²) in [6.07, 6.45) is 3.70. The number of ether oxygens (including phenoxy) is 1. The Morgan fingerprint density at radius 1 is 1.65 bits per heavy atom. The van der Waals surface area contributed by atoms with Gasteiger partial charge in [0, 0.05) is 14.1 Å². The van der Waals surface area contributed by atoms with Crippen molar-refractivity contribution in [2.24, 2.45) is 4.99 Å². The minimum atomic E-state index is -0.433. The Bertz CT molecular complexity index is 320. The highest BCUT2D eigenvalue weighted by atomic mass is 32.2. The Balaban J connectivity index is 1.93. The number of nitrogens with zero attached hydrogens (tertiary/aromatic N) is 2. The first-order valence-electron chi connectivity index (χ1n) is 5.98. The molecule has 0 radical (unpaired) electrons. The summed E-state index contributed by atoms with van der Waals surface area (Å²) in [4.78, 5) is 6.64. The first-order chi connectivity index (χ1) is 8.11. The SMILES string of the molecule is C=CC[C@@H](O)[C@H]1CC[C@H]2N=C(N(C)C)S[C@H]2O1. The van der Waals surface area contributed by atoms with Crippen LogP contribution in [0.1, 0.15) is 19.3 Å². The van der Waals surface area contributed by atoms with Crippen molar-refractivity contribution in [1.29, 1.82) is 0 Å². The van der Waals surface area contributed by atoms with Gasteiger partial charge in [0.2, 0.25) is 0 Å². The van der Waals surface area contributed by atoms with Gasteiger partial charge < -0.3 is 14.7 Å². The van der Waals surface area contributed by atoms with Crippen LogP contribution >= 0.6 is 11.8 Å². The lowest BCUT2D eigenvalue weighted by molar-refractivity contribution is -0.0779. The van der Waals surface area contributed by atoms with E-state index in [0.717, 1.165) is 18.0 Å². The van der Waals surface area contributed by atoms with E-state index in [1.165, 1.54) is 0 Å². The Hall–Kier alpha value is -0.520. The fourth-order valence-electron chi connectivity index (χ4n) is 2.14. The summed E-state index contributed by atoms with van der Waals surface area (Å²) in [5.74, 6) is 0. The molecule has 17 heavy (non-hydrogen) atoms. The lowest BCUT2D eigenvalue weighted by Gasteiger charge is -2.33. The zero-order chi connectivity index (χ0) is 12.4. The van der Waals surface area contributed by atoms with Crippen molar-refractivity contribution >= 4 is 16.9 Å². The summed E-state index contributed by atoms with van der Waals surface area (Å²) < 4.78 is 5.93. The summed E-state index contributed by atoms with van der Waals surface area (Å²) in [6, 6.07) is 0.254. The second-order valence-corrected chi connectivity index (χ2v) is 5.77. The number of amidine groups is 1. The highest BCUT2D eigenvalue weighted by molar-refractivity contribution is 8.14. The molecule has 0 amide bonds. The molecule has 1 saturated heterocycles. The third-order valence-corrected chi connectivity index (χ3v) is 4.43. The number of fused-ring (bicyclic) bond motifs is 1. The Labute approximate surface area is 107 Å². The lowest BCUT2D eigenvalue weighted by atomic mass is 9.99. The second kappa shape index (κ2) is 5.42. The maximum atomic E-state index is 9.92. The van der Waals surface area contributed by atoms with Crippen molar-refractivity contribution < 1.29 is 9.84 Å². The molecule has 0 aromatic carbocycles. The van der Waals surface area contributed by atoms with Gasteiger partial charge in [0.05, 0.1) is 18.2 Å². The molecule has 4 atom stereocenters. The van der Waals surface area contributed by atoms with Crippen LogP contribution in [0.2, 0.25) is 0 Å². The lowest BCUT2D eigenvalue weighted by Crippen LogP contribution is -2.40. The van der Waals surface area contributed by atoms with E-state index in [-0.39, 0.29) is 17.6 Å². The Morgan fingerprint density at radius 2 is 2.41 bits per heavy atom. The average molecular weight is 256 g/mol. The quantitative estimate of drug-likeness (QED) is 0.777. The molecule has 0 aromatic rings. The monoisotopic (exact) mass is 256 g/mol. The van der Waals surface area contributed by atoms with E-state index in [1.807, 2.05) is 19.0 Å². The van der Waals surface area contributed by atoms with Gasteiger partial charge in [0.15, 0.2) is 5.17 Å². The number of aliphatic hydroxyl groups excluding tert-OH is 1. The van der Waals surface area contributed by atoms with Crippen molar-refractivity contribution in [3.8, 4) is 0 Å². The molecule has 0 bridgehead atoms. The number of aliphatic hydroxyl groups is 1. The minimum absolute atomic E-state index is 0.0709. The van der Waals surface area contributed by atoms with Crippen LogP contribution in [0.3, 0.4) is 0 Å². The van der Waals surface area contributed by atoms with Crippen LogP contribution in [0, 0.1) is 0 Å². The van der Waals surface area contributed by atoms with E-state index in [2.05, 4.69) is 11.6 Å². The standard InChI is InChI=1S/C12H20N2O2S/c1-4-5-9(15)10-7-6-8-11(16-10)17-12(13-8)14(2)3/h4,8-11,15H,1,5-7H2,2-3H3/t8-,9-,10-,11-/m1/s1. The highest BCUT2D eigenvalue weighted by Crippen LogP contribution is 2.37. The molecule has 0 unspecified atom stereocenters. The number of rotatable bonds is 3. The zero-order valence-corrected chi connectivity index (χ0v) is 11.2. The second-order valence-electron chi connectivity index (χ2n) is 4.70. The van der Waals surface area contributed by atoms with Gasteiger partial charge >= 0.3 is 0 Å². The fourth-order valence-corrected chi connectivity index (χ4v) is 3.30. The van der Waals surface area contributed by atoms with E-state index >= 15 is 0 Å². The molecule has 2 rings (SSSR count). The van der Waals surface area contributed by atoms with E-state index in [0.29, 0.717) is 6.42 Å². The summed E-state index contributed by atoms with van der Waals surface area (Å²) in [6.45, 7) is 3.65. The molecule has 2 heterocycles. The molecule has 0 saturated carbocycles. The third kappa shape index (κ3) is 2.84. The molecule has 0 aliphatic carbocycles. The highest BCUT2D eigenvalue weighted by Gasteiger charge is 2.39. The van der Waals surface area contributed by atoms with Gasteiger partial charge in [-0.1, -0.05) is 17.8 Å². The maximum absolute atomic E-state index is 9.92. The van der Waals surface area contributed by atoms with Crippen molar-refractivity contribution in [2.75, 3.05) is 14.1 Å². The van der Waals surface area contributed by atoms with E-state index in [9.17, 15) is 5.11 Å². The predicted molar refractivity (Wildman–Crippen MR) is 71.2 cm³/mol. The Morgan fingerprint density at radius 3 is 3.06 bits per heavy atom. The average Bonchev–Trinajstić information content (AvgIpc) is 2.71. The summed E-state index contributed by atoms with van der Waals surface area (Å²) in [7, 11) is 3.99. The van der Waals surface area contributed by atoms with Gasteiger partial charge in [-0.3, -0.25) is 4.99 Å². The van der Waals surface area contributed by atoms with Gasteiger partial charge in [-0.2, -0.15) is 0 Å². The summed E-state index contributed by atoms with van der Waals surface area (Å²) in [5, 5.41) is 10.9. The van der Waals surface area contributed by atoms with Crippen LogP contribution in [0.25, 0.3) is 0 Å². The predicted octanol–water partition coefficient (Wildman–Crippen LogP) is 1.46. The van der Waals surface area contributed by atoms with Gasteiger partial charge in [0.1, 0.15) is 5.44 Å². The number of hydrogen-bond donors (Lipinski definition) is 1. The smallest absolute Gasteiger partial charge is 0.161 e. The minimum Gasteiger partial charge on any atom is -0.390 e. The normalized spacial score (nSPS) is 33.8. The van der Waals surface area contributed by atoms with Gasteiger partial charge in [0.25, 0.3) is 0 Å². The maximum Gasteiger partial charge on any atom is 0.161 e. The molecule has 1 N–H and O–H groups in total. The van der Waals surface area contributed by atoms with Crippen LogP contribution in [-0.4, -0.2) is 53.0 Å². The number of aliphatic imine (C=N–C) groups is 1. The molecule has 2 aliphatic rings. The zero-order valence-electron chi connectivity index (χ0n) is 10.4. The Kier molecular flexibility index (Phi) is 4.12. The first-order valence-corrected chi connectivity index (χ1v) is 6.86. The molecule has 4 nitrogen and oxygen atoms in total. The fraction of sp³-hybridized carbons (Fsp3) is 0.750. The molecule has 1 fully saturated rings. The largest absolute Gasteiger partial charge is 0.390 e. The summed E-state index contributed by atoms with van der Waals surface area (Å²) in [5.41, 5.74) is 0.0746. The molecule has 0 aromatic heterocycles. The van der Waals surface area contributed by atoms with Gasteiger partial charge in [-0.25, -0.2) is 0 Å². The molecule has 5 heteroatoms. The van der Waals surface area contributed by atoms with Crippen LogP contribution in [0.4, 0.5) is 0 Å². The van der Waals surface area contributed by atoms with Crippen molar-refractivity contribution in [3.63, 3.8) is 0 Å². The van der Waals surface area contributed by atoms with Crippen molar-refractivity contribution in [3.05, 3.63) is 12.7 Å². The topological polar surface area (TPSA) is 45.1 Å². The number of thioether (sulfide) groups is 1.